The van der Waals surface area contributed by atoms with Crippen LogP contribution in [0, 0.1) is 0 Å². The Morgan fingerprint density at radius 1 is 1.40 bits per heavy atom. The van der Waals surface area contributed by atoms with Crippen LogP contribution in [-0.4, -0.2) is 12.9 Å². The average Bonchev–Trinajstić information content (AvgIpc) is 2.64. The SMILES string of the molecule is COc1c(CC(C)=O)ccc2ccoc12. The van der Waals surface area contributed by atoms with Crippen LogP contribution >= 0.6 is 0 Å². The summed E-state index contributed by atoms with van der Waals surface area (Å²) in [4.78, 5) is 11.1. The molecule has 78 valence electrons. The number of ketones is 1. The van der Waals surface area contributed by atoms with Crippen LogP contribution in [0.3, 0.4) is 0 Å². The normalized spacial score (nSPS) is 10.5. The molecule has 1 heterocycles. The van der Waals surface area contributed by atoms with Gasteiger partial charge in [0, 0.05) is 17.4 Å². The van der Waals surface area contributed by atoms with Gasteiger partial charge in [-0.15, -0.1) is 0 Å². The molecule has 3 nitrogen and oxygen atoms in total. The van der Waals surface area contributed by atoms with Crippen LogP contribution in [0.1, 0.15) is 12.5 Å². The topological polar surface area (TPSA) is 39.4 Å². The maximum Gasteiger partial charge on any atom is 0.175 e. The second kappa shape index (κ2) is 3.77. The van der Waals surface area contributed by atoms with E-state index in [2.05, 4.69) is 0 Å². The minimum atomic E-state index is 0.110. The van der Waals surface area contributed by atoms with E-state index in [9.17, 15) is 4.79 Å². The molecule has 0 unspecified atom stereocenters. The molecular weight excluding hydrogens is 192 g/mol. The van der Waals surface area contributed by atoms with Crippen LogP contribution in [-0.2, 0) is 11.2 Å². The van der Waals surface area contributed by atoms with Crippen LogP contribution in [0.25, 0.3) is 11.0 Å². The van der Waals surface area contributed by atoms with Crippen LogP contribution in [0.15, 0.2) is 28.9 Å². The zero-order valence-electron chi connectivity index (χ0n) is 8.74. The van der Waals surface area contributed by atoms with E-state index in [1.807, 2.05) is 18.2 Å². The molecule has 0 aliphatic carbocycles. The first kappa shape index (κ1) is 9.77. The standard InChI is InChI=1S/C12H12O3/c1-8(13)7-10-4-3-9-5-6-15-12(9)11(10)14-2/h3-6H,7H2,1-2H3. The Morgan fingerprint density at radius 3 is 2.87 bits per heavy atom. The lowest BCUT2D eigenvalue weighted by molar-refractivity contribution is -0.116. The molecule has 0 aliphatic rings. The molecule has 0 saturated carbocycles. The van der Waals surface area contributed by atoms with E-state index in [0.717, 1.165) is 10.9 Å². The Morgan fingerprint density at radius 2 is 2.20 bits per heavy atom. The summed E-state index contributed by atoms with van der Waals surface area (Å²) in [5, 5.41) is 0.985. The number of furan rings is 1. The van der Waals surface area contributed by atoms with Crippen LogP contribution in [0.4, 0.5) is 0 Å². The fourth-order valence-corrected chi connectivity index (χ4v) is 1.68. The van der Waals surface area contributed by atoms with Gasteiger partial charge in [-0.05, 0) is 13.0 Å². The summed E-state index contributed by atoms with van der Waals surface area (Å²) in [6.45, 7) is 1.56. The summed E-state index contributed by atoms with van der Waals surface area (Å²) in [6.07, 6.45) is 1.99. The van der Waals surface area contributed by atoms with E-state index in [-0.39, 0.29) is 5.78 Å². The van der Waals surface area contributed by atoms with E-state index >= 15 is 0 Å². The molecule has 2 aromatic rings. The summed E-state index contributed by atoms with van der Waals surface area (Å²) < 4.78 is 10.6. The number of benzene rings is 1. The first-order chi connectivity index (χ1) is 7.22. The van der Waals surface area contributed by atoms with Crippen molar-refractivity contribution in [2.24, 2.45) is 0 Å². The smallest absolute Gasteiger partial charge is 0.175 e. The largest absolute Gasteiger partial charge is 0.493 e. The average molecular weight is 204 g/mol. The zero-order valence-corrected chi connectivity index (χ0v) is 8.74. The monoisotopic (exact) mass is 204 g/mol. The molecule has 0 saturated heterocycles. The van der Waals surface area contributed by atoms with Crippen molar-refractivity contribution >= 4 is 16.8 Å². The van der Waals surface area contributed by atoms with Crippen molar-refractivity contribution in [2.45, 2.75) is 13.3 Å². The number of carbonyl (C=O) groups excluding carboxylic acids is 1. The van der Waals surface area contributed by atoms with Gasteiger partial charge in [0.15, 0.2) is 11.3 Å². The third-order valence-electron chi connectivity index (χ3n) is 2.30. The van der Waals surface area contributed by atoms with Crippen molar-refractivity contribution in [3.63, 3.8) is 0 Å². The van der Waals surface area contributed by atoms with E-state index in [4.69, 9.17) is 9.15 Å². The number of methoxy groups -OCH3 is 1. The Labute approximate surface area is 87.6 Å². The Bertz CT molecular complexity index is 497. The first-order valence-corrected chi connectivity index (χ1v) is 4.75. The number of carbonyl (C=O) groups is 1. The van der Waals surface area contributed by atoms with Crippen molar-refractivity contribution in [3.05, 3.63) is 30.0 Å². The van der Waals surface area contributed by atoms with Crippen molar-refractivity contribution in [1.82, 2.24) is 0 Å². The van der Waals surface area contributed by atoms with Gasteiger partial charge in [-0.25, -0.2) is 0 Å². The predicted molar refractivity (Wildman–Crippen MR) is 57.2 cm³/mol. The molecule has 3 heteroatoms. The Balaban J connectivity index is 2.58. The minimum absolute atomic E-state index is 0.110. The van der Waals surface area contributed by atoms with E-state index in [1.165, 1.54) is 0 Å². The maximum absolute atomic E-state index is 11.1. The van der Waals surface area contributed by atoms with Crippen molar-refractivity contribution < 1.29 is 13.9 Å². The van der Waals surface area contributed by atoms with Gasteiger partial charge in [0.25, 0.3) is 0 Å². The fraction of sp³-hybridized carbons (Fsp3) is 0.250. The molecular formula is C12H12O3. The quantitative estimate of drug-likeness (QED) is 0.771. The predicted octanol–water partition coefficient (Wildman–Crippen LogP) is 2.57. The van der Waals surface area contributed by atoms with Crippen molar-refractivity contribution in [3.8, 4) is 5.75 Å². The van der Waals surface area contributed by atoms with Crippen LogP contribution in [0.2, 0.25) is 0 Å². The molecule has 2 rings (SSSR count). The first-order valence-electron chi connectivity index (χ1n) is 4.75. The molecule has 0 fully saturated rings. The number of fused-ring (bicyclic) bond motifs is 1. The highest BCUT2D eigenvalue weighted by Crippen LogP contribution is 2.30. The van der Waals surface area contributed by atoms with E-state index in [1.54, 1.807) is 20.3 Å². The highest BCUT2D eigenvalue weighted by Gasteiger charge is 2.11. The maximum atomic E-state index is 11.1. The van der Waals surface area contributed by atoms with Gasteiger partial charge in [-0.3, -0.25) is 4.79 Å². The molecule has 0 spiro atoms. The number of hydrogen-bond acceptors (Lipinski definition) is 3. The van der Waals surface area contributed by atoms with Gasteiger partial charge in [0.2, 0.25) is 0 Å². The fourth-order valence-electron chi connectivity index (χ4n) is 1.68. The summed E-state index contributed by atoms with van der Waals surface area (Å²) in [7, 11) is 1.58. The summed E-state index contributed by atoms with van der Waals surface area (Å²) in [6, 6.07) is 5.70. The number of rotatable bonds is 3. The third-order valence-corrected chi connectivity index (χ3v) is 2.30. The zero-order chi connectivity index (χ0) is 10.8. The lowest BCUT2D eigenvalue weighted by Crippen LogP contribution is -1.99. The molecule has 1 aromatic heterocycles. The molecule has 0 amide bonds. The number of ether oxygens (including phenoxy) is 1. The number of Topliss-reactive ketones (excluding diaryl/α,β-unsaturated/α-hetero) is 1. The Hall–Kier alpha value is -1.77. The summed E-state index contributed by atoms with van der Waals surface area (Å²) in [5.74, 6) is 0.770. The molecule has 0 bridgehead atoms. The molecule has 0 aliphatic heterocycles. The minimum Gasteiger partial charge on any atom is -0.493 e. The second-order valence-corrected chi connectivity index (χ2v) is 3.48. The third kappa shape index (κ3) is 1.73. The van der Waals surface area contributed by atoms with E-state index in [0.29, 0.717) is 17.8 Å². The van der Waals surface area contributed by atoms with Gasteiger partial charge in [0.05, 0.1) is 13.4 Å². The highest BCUT2D eigenvalue weighted by molar-refractivity contribution is 5.87. The van der Waals surface area contributed by atoms with Crippen LogP contribution < -0.4 is 4.74 Å². The highest BCUT2D eigenvalue weighted by atomic mass is 16.5. The summed E-state index contributed by atoms with van der Waals surface area (Å²) in [5.41, 5.74) is 1.57. The Kier molecular flexibility index (Phi) is 2.46. The molecule has 15 heavy (non-hydrogen) atoms. The molecule has 0 N–H and O–H groups in total. The van der Waals surface area contributed by atoms with Gasteiger partial charge in [-0.1, -0.05) is 12.1 Å². The van der Waals surface area contributed by atoms with Gasteiger partial charge in [-0.2, -0.15) is 0 Å². The lowest BCUT2D eigenvalue weighted by atomic mass is 10.1. The lowest BCUT2D eigenvalue weighted by Gasteiger charge is -2.06. The van der Waals surface area contributed by atoms with Gasteiger partial charge in [0.1, 0.15) is 5.78 Å². The van der Waals surface area contributed by atoms with Gasteiger partial charge < -0.3 is 9.15 Å². The summed E-state index contributed by atoms with van der Waals surface area (Å²) >= 11 is 0. The second-order valence-electron chi connectivity index (χ2n) is 3.48. The van der Waals surface area contributed by atoms with E-state index < -0.39 is 0 Å². The molecule has 0 atom stereocenters. The van der Waals surface area contributed by atoms with Gasteiger partial charge >= 0.3 is 0 Å². The van der Waals surface area contributed by atoms with Crippen LogP contribution in [0.5, 0.6) is 5.75 Å². The number of hydrogen-bond donors (Lipinski definition) is 0. The van der Waals surface area contributed by atoms with Crippen molar-refractivity contribution in [2.75, 3.05) is 7.11 Å². The molecule has 1 aromatic carbocycles. The van der Waals surface area contributed by atoms with Crippen molar-refractivity contribution in [1.29, 1.82) is 0 Å². The molecule has 0 radical (unpaired) electrons.